The highest BCUT2D eigenvalue weighted by Crippen LogP contribution is 2.19. The first-order valence-corrected chi connectivity index (χ1v) is 7.30. The van der Waals surface area contributed by atoms with Gasteiger partial charge in [0.15, 0.2) is 0 Å². The molecule has 0 radical (unpaired) electrons. The monoisotopic (exact) mass is 273 g/mol. The van der Waals surface area contributed by atoms with Crippen molar-refractivity contribution in [3.05, 3.63) is 102 Å². The van der Waals surface area contributed by atoms with Crippen LogP contribution in [-0.4, -0.2) is 0 Å². The smallest absolute Gasteiger partial charge is 0.0433 e. The van der Waals surface area contributed by atoms with E-state index in [2.05, 4.69) is 95.9 Å². The van der Waals surface area contributed by atoms with Gasteiger partial charge in [-0.15, -0.1) is 0 Å². The van der Waals surface area contributed by atoms with E-state index in [4.69, 9.17) is 0 Å². The summed E-state index contributed by atoms with van der Waals surface area (Å²) in [7, 11) is 0. The summed E-state index contributed by atoms with van der Waals surface area (Å²) < 4.78 is 0. The van der Waals surface area contributed by atoms with Gasteiger partial charge in [0, 0.05) is 18.8 Å². The Kier molecular flexibility index (Phi) is 4.33. The first kappa shape index (κ1) is 13.4. The molecular weight excluding hydrogens is 254 g/mol. The largest absolute Gasteiger partial charge is 0.363 e. The molecule has 0 amide bonds. The second kappa shape index (κ2) is 6.76. The number of hydrogen-bond acceptors (Lipinski definition) is 1. The summed E-state index contributed by atoms with van der Waals surface area (Å²) in [5.74, 6) is 0. The van der Waals surface area contributed by atoms with E-state index < -0.39 is 0 Å². The van der Waals surface area contributed by atoms with Crippen LogP contribution in [0.5, 0.6) is 0 Å². The van der Waals surface area contributed by atoms with E-state index in [1.54, 1.807) is 0 Å². The molecule has 0 unspecified atom stereocenters. The van der Waals surface area contributed by atoms with Crippen molar-refractivity contribution in [1.29, 1.82) is 0 Å². The third-order valence-corrected chi connectivity index (χ3v) is 3.55. The molecule has 0 aliphatic carbocycles. The van der Waals surface area contributed by atoms with Gasteiger partial charge >= 0.3 is 0 Å². The van der Waals surface area contributed by atoms with E-state index in [1.807, 2.05) is 0 Å². The topological polar surface area (TPSA) is 3.24 Å². The standard InChI is InChI=1S/C20H19N/c1-4-10-18(11-5-1)16-21(20-14-8-3-9-15-20)17-19-12-6-2-7-13-19/h1-15H,16-17H2. The zero-order chi connectivity index (χ0) is 14.3. The molecular formula is C20H19N. The molecule has 21 heavy (non-hydrogen) atoms. The molecule has 0 N–H and O–H groups in total. The third kappa shape index (κ3) is 3.73. The van der Waals surface area contributed by atoms with Crippen LogP contribution in [0.4, 0.5) is 5.69 Å². The number of rotatable bonds is 5. The summed E-state index contributed by atoms with van der Waals surface area (Å²) in [5.41, 5.74) is 3.92. The van der Waals surface area contributed by atoms with Gasteiger partial charge in [-0.1, -0.05) is 78.9 Å². The van der Waals surface area contributed by atoms with E-state index in [-0.39, 0.29) is 0 Å². The molecule has 0 aliphatic rings. The highest BCUT2D eigenvalue weighted by atomic mass is 15.1. The highest BCUT2D eigenvalue weighted by molar-refractivity contribution is 5.47. The Balaban J connectivity index is 1.84. The van der Waals surface area contributed by atoms with Crippen molar-refractivity contribution in [2.24, 2.45) is 0 Å². The van der Waals surface area contributed by atoms with Crippen molar-refractivity contribution in [2.45, 2.75) is 13.1 Å². The lowest BCUT2D eigenvalue weighted by Crippen LogP contribution is -2.21. The molecule has 0 bridgehead atoms. The maximum atomic E-state index is 2.41. The number of benzene rings is 3. The molecule has 0 fully saturated rings. The average Bonchev–Trinajstić information content (AvgIpc) is 2.57. The normalized spacial score (nSPS) is 10.3. The molecule has 3 aromatic carbocycles. The molecule has 0 saturated carbocycles. The van der Waals surface area contributed by atoms with Gasteiger partial charge in [0.05, 0.1) is 0 Å². The van der Waals surface area contributed by atoms with Gasteiger partial charge in [-0.3, -0.25) is 0 Å². The van der Waals surface area contributed by atoms with Gasteiger partial charge in [0.1, 0.15) is 0 Å². The van der Waals surface area contributed by atoms with E-state index in [0.29, 0.717) is 0 Å². The van der Waals surface area contributed by atoms with Crippen LogP contribution in [0.15, 0.2) is 91.0 Å². The van der Waals surface area contributed by atoms with Gasteiger partial charge in [-0.2, -0.15) is 0 Å². The van der Waals surface area contributed by atoms with Crippen LogP contribution in [0.3, 0.4) is 0 Å². The predicted octanol–water partition coefficient (Wildman–Crippen LogP) is 4.89. The number of anilines is 1. The van der Waals surface area contributed by atoms with Gasteiger partial charge in [-0.25, -0.2) is 0 Å². The fourth-order valence-electron chi connectivity index (χ4n) is 2.48. The summed E-state index contributed by atoms with van der Waals surface area (Å²) in [4.78, 5) is 2.41. The highest BCUT2D eigenvalue weighted by Gasteiger charge is 2.07. The van der Waals surface area contributed by atoms with E-state index >= 15 is 0 Å². The molecule has 3 aromatic rings. The summed E-state index contributed by atoms with van der Waals surface area (Å²) >= 11 is 0. The van der Waals surface area contributed by atoms with Crippen molar-refractivity contribution in [1.82, 2.24) is 0 Å². The quantitative estimate of drug-likeness (QED) is 0.639. The van der Waals surface area contributed by atoms with Crippen LogP contribution in [0, 0.1) is 0 Å². The molecule has 104 valence electrons. The van der Waals surface area contributed by atoms with Gasteiger partial charge in [0.2, 0.25) is 0 Å². The predicted molar refractivity (Wildman–Crippen MR) is 89.2 cm³/mol. The SMILES string of the molecule is c1ccc(CN(Cc2ccccc2)c2ccccc2)cc1. The first-order chi connectivity index (χ1) is 10.4. The summed E-state index contributed by atoms with van der Waals surface area (Å²) in [6.07, 6.45) is 0. The lowest BCUT2D eigenvalue weighted by Gasteiger charge is -2.25. The van der Waals surface area contributed by atoms with Gasteiger partial charge in [-0.05, 0) is 23.3 Å². The van der Waals surface area contributed by atoms with Crippen LogP contribution < -0.4 is 4.90 Å². The summed E-state index contributed by atoms with van der Waals surface area (Å²) in [6, 6.07) is 31.8. The molecule has 1 nitrogen and oxygen atoms in total. The minimum absolute atomic E-state index is 0.916. The van der Waals surface area contributed by atoms with E-state index in [0.717, 1.165) is 13.1 Å². The first-order valence-electron chi connectivity index (χ1n) is 7.30. The third-order valence-electron chi connectivity index (χ3n) is 3.55. The minimum atomic E-state index is 0.916. The van der Waals surface area contributed by atoms with Crippen molar-refractivity contribution in [3.8, 4) is 0 Å². The van der Waals surface area contributed by atoms with Crippen molar-refractivity contribution < 1.29 is 0 Å². The molecule has 1 heteroatoms. The molecule has 0 spiro atoms. The van der Waals surface area contributed by atoms with Crippen LogP contribution in [0.2, 0.25) is 0 Å². The number of para-hydroxylation sites is 1. The molecule has 3 rings (SSSR count). The Hall–Kier alpha value is -2.54. The number of hydrogen-bond donors (Lipinski definition) is 0. The minimum Gasteiger partial charge on any atom is -0.363 e. The van der Waals surface area contributed by atoms with E-state index in [9.17, 15) is 0 Å². The van der Waals surface area contributed by atoms with Crippen LogP contribution in [-0.2, 0) is 13.1 Å². The zero-order valence-corrected chi connectivity index (χ0v) is 12.0. The molecule has 0 aliphatic heterocycles. The lowest BCUT2D eigenvalue weighted by molar-refractivity contribution is 0.800. The Morgan fingerprint density at radius 3 is 1.29 bits per heavy atom. The van der Waals surface area contributed by atoms with Crippen LogP contribution in [0.25, 0.3) is 0 Å². The summed E-state index contributed by atoms with van der Waals surface area (Å²) in [6.45, 7) is 1.83. The van der Waals surface area contributed by atoms with Crippen molar-refractivity contribution in [3.63, 3.8) is 0 Å². The van der Waals surface area contributed by atoms with Gasteiger partial charge in [0.25, 0.3) is 0 Å². The second-order valence-electron chi connectivity index (χ2n) is 5.16. The molecule has 0 heterocycles. The maximum absolute atomic E-state index is 2.41. The molecule has 0 aromatic heterocycles. The van der Waals surface area contributed by atoms with Crippen molar-refractivity contribution >= 4 is 5.69 Å². The molecule has 0 saturated heterocycles. The Morgan fingerprint density at radius 2 is 0.857 bits per heavy atom. The van der Waals surface area contributed by atoms with Crippen LogP contribution in [0.1, 0.15) is 11.1 Å². The Bertz CT molecular complexity index is 606. The average molecular weight is 273 g/mol. The van der Waals surface area contributed by atoms with Crippen molar-refractivity contribution in [2.75, 3.05) is 4.90 Å². The van der Waals surface area contributed by atoms with Gasteiger partial charge < -0.3 is 4.90 Å². The Labute approximate surface area is 126 Å². The lowest BCUT2D eigenvalue weighted by atomic mass is 10.1. The fourth-order valence-corrected chi connectivity index (χ4v) is 2.48. The molecule has 0 atom stereocenters. The zero-order valence-electron chi connectivity index (χ0n) is 12.0. The fraction of sp³-hybridized carbons (Fsp3) is 0.100. The number of nitrogens with zero attached hydrogens (tertiary/aromatic N) is 1. The summed E-state index contributed by atoms with van der Waals surface area (Å²) in [5, 5.41) is 0. The second-order valence-corrected chi connectivity index (χ2v) is 5.16. The van der Waals surface area contributed by atoms with Crippen LogP contribution >= 0.6 is 0 Å². The maximum Gasteiger partial charge on any atom is 0.0433 e. The Morgan fingerprint density at radius 1 is 0.476 bits per heavy atom. The van der Waals surface area contributed by atoms with E-state index in [1.165, 1.54) is 16.8 Å².